The summed E-state index contributed by atoms with van der Waals surface area (Å²) in [5.41, 5.74) is 0.657. The maximum atomic E-state index is 12.3. The Morgan fingerprint density at radius 3 is 2.19 bits per heavy atom. The van der Waals surface area contributed by atoms with Gasteiger partial charge in [0, 0.05) is 24.8 Å². The predicted octanol–water partition coefficient (Wildman–Crippen LogP) is 3.21. The smallest absolute Gasteiger partial charge is 0.434 e. The Morgan fingerprint density at radius 2 is 1.76 bits per heavy atom. The molecule has 0 radical (unpaired) electrons. The van der Waals surface area contributed by atoms with Crippen LogP contribution in [0.15, 0.2) is 18.3 Å². The summed E-state index contributed by atoms with van der Waals surface area (Å²) in [6.45, 7) is 0.458. The SMILES string of the molecule is FC(F)(F)C(Oc1ccc(CNC2CC2)cn1)C(F)(F)F. The van der Waals surface area contributed by atoms with E-state index in [1.165, 1.54) is 12.3 Å². The average Bonchev–Trinajstić information content (AvgIpc) is 3.16. The number of nitrogens with one attached hydrogen (secondary N) is 1. The Labute approximate surface area is 116 Å². The van der Waals surface area contributed by atoms with Gasteiger partial charge in [0.15, 0.2) is 0 Å². The normalized spacial score (nSPS) is 16.3. The fourth-order valence-corrected chi connectivity index (χ4v) is 1.57. The van der Waals surface area contributed by atoms with Crippen molar-refractivity contribution in [2.24, 2.45) is 0 Å². The summed E-state index contributed by atoms with van der Waals surface area (Å²) in [5.74, 6) is -0.718. The molecule has 1 aliphatic carbocycles. The van der Waals surface area contributed by atoms with Crippen LogP contribution in [0.25, 0.3) is 0 Å². The number of alkyl halides is 6. The second-order valence-corrected chi connectivity index (χ2v) is 4.74. The molecule has 1 N–H and O–H groups in total. The highest BCUT2D eigenvalue weighted by Gasteiger charge is 2.59. The minimum absolute atomic E-state index is 0.431. The van der Waals surface area contributed by atoms with Crippen LogP contribution in [0.3, 0.4) is 0 Å². The van der Waals surface area contributed by atoms with Gasteiger partial charge >= 0.3 is 12.4 Å². The van der Waals surface area contributed by atoms with E-state index in [0.29, 0.717) is 18.2 Å². The molecule has 1 aromatic rings. The number of nitrogens with zero attached hydrogens (tertiary/aromatic N) is 1. The first-order chi connectivity index (χ1) is 9.66. The standard InChI is InChI=1S/C12H12F6N2O/c13-11(14,15)10(12(16,17)18)21-9-4-1-7(6-20-9)5-19-8-2-3-8/h1,4,6,8,10,19H,2-3,5H2. The van der Waals surface area contributed by atoms with Crippen LogP contribution in [-0.4, -0.2) is 29.5 Å². The Hall–Kier alpha value is -1.51. The van der Waals surface area contributed by atoms with Crippen molar-refractivity contribution in [3.8, 4) is 5.88 Å². The van der Waals surface area contributed by atoms with Crippen LogP contribution in [-0.2, 0) is 6.54 Å². The number of pyridine rings is 1. The van der Waals surface area contributed by atoms with E-state index in [2.05, 4.69) is 15.0 Å². The molecule has 0 atom stereocenters. The van der Waals surface area contributed by atoms with Crippen molar-refractivity contribution in [3.05, 3.63) is 23.9 Å². The molecule has 118 valence electrons. The van der Waals surface area contributed by atoms with Gasteiger partial charge in [0.05, 0.1) is 0 Å². The van der Waals surface area contributed by atoms with Crippen LogP contribution < -0.4 is 10.1 Å². The molecule has 1 fully saturated rings. The average molecular weight is 314 g/mol. The van der Waals surface area contributed by atoms with Crippen LogP contribution in [0.4, 0.5) is 26.3 Å². The summed E-state index contributed by atoms with van der Waals surface area (Å²) >= 11 is 0. The second kappa shape index (κ2) is 5.70. The van der Waals surface area contributed by atoms with Crippen molar-refractivity contribution < 1.29 is 31.1 Å². The fraction of sp³-hybridized carbons (Fsp3) is 0.583. The largest absolute Gasteiger partial charge is 0.455 e. The van der Waals surface area contributed by atoms with Crippen LogP contribution in [0.1, 0.15) is 18.4 Å². The molecule has 1 heterocycles. The number of rotatable bonds is 5. The summed E-state index contributed by atoms with van der Waals surface area (Å²) < 4.78 is 77.8. The zero-order valence-corrected chi connectivity index (χ0v) is 10.6. The minimum Gasteiger partial charge on any atom is -0.455 e. The maximum Gasteiger partial charge on any atom is 0.434 e. The first kappa shape index (κ1) is 15.9. The van der Waals surface area contributed by atoms with Crippen LogP contribution in [0.2, 0.25) is 0 Å². The van der Waals surface area contributed by atoms with Crippen molar-refractivity contribution in [1.29, 1.82) is 0 Å². The van der Waals surface area contributed by atoms with Gasteiger partial charge in [0.2, 0.25) is 5.88 Å². The summed E-state index contributed by atoms with van der Waals surface area (Å²) in [6.07, 6.45) is -11.7. The van der Waals surface area contributed by atoms with Crippen molar-refractivity contribution in [2.75, 3.05) is 0 Å². The Morgan fingerprint density at radius 1 is 1.14 bits per heavy atom. The number of halogens is 6. The van der Waals surface area contributed by atoms with E-state index in [1.807, 2.05) is 0 Å². The van der Waals surface area contributed by atoms with Gasteiger partial charge in [-0.05, 0) is 18.4 Å². The molecule has 1 saturated carbocycles. The van der Waals surface area contributed by atoms with Gasteiger partial charge in [0.1, 0.15) is 0 Å². The lowest BCUT2D eigenvalue weighted by Crippen LogP contribution is -2.46. The van der Waals surface area contributed by atoms with Gasteiger partial charge in [0.25, 0.3) is 6.10 Å². The third-order valence-electron chi connectivity index (χ3n) is 2.80. The molecular weight excluding hydrogens is 302 g/mol. The highest BCUT2D eigenvalue weighted by atomic mass is 19.4. The van der Waals surface area contributed by atoms with E-state index in [0.717, 1.165) is 18.9 Å². The van der Waals surface area contributed by atoms with Gasteiger partial charge in [-0.2, -0.15) is 26.3 Å². The third-order valence-corrected chi connectivity index (χ3v) is 2.80. The predicted molar refractivity (Wildman–Crippen MR) is 60.6 cm³/mol. The van der Waals surface area contributed by atoms with Crippen molar-refractivity contribution >= 4 is 0 Å². The van der Waals surface area contributed by atoms with Gasteiger partial charge in [-0.3, -0.25) is 0 Å². The molecule has 1 aliphatic rings. The quantitative estimate of drug-likeness (QED) is 0.848. The monoisotopic (exact) mass is 314 g/mol. The summed E-state index contributed by atoms with van der Waals surface area (Å²) in [4.78, 5) is 3.48. The van der Waals surface area contributed by atoms with E-state index >= 15 is 0 Å². The van der Waals surface area contributed by atoms with Gasteiger partial charge < -0.3 is 10.1 Å². The Bertz CT molecular complexity index is 452. The topological polar surface area (TPSA) is 34.1 Å². The molecule has 0 spiro atoms. The van der Waals surface area contributed by atoms with Gasteiger partial charge in [-0.1, -0.05) is 6.07 Å². The molecule has 21 heavy (non-hydrogen) atoms. The molecule has 3 nitrogen and oxygen atoms in total. The van der Waals surface area contributed by atoms with E-state index in [-0.39, 0.29) is 0 Å². The molecule has 2 rings (SSSR count). The third kappa shape index (κ3) is 4.76. The zero-order valence-electron chi connectivity index (χ0n) is 10.6. The first-order valence-corrected chi connectivity index (χ1v) is 6.14. The summed E-state index contributed by atoms with van der Waals surface area (Å²) in [6, 6.07) is 2.80. The van der Waals surface area contributed by atoms with E-state index in [9.17, 15) is 26.3 Å². The van der Waals surface area contributed by atoms with Gasteiger partial charge in [-0.25, -0.2) is 4.98 Å². The molecule has 0 amide bonds. The van der Waals surface area contributed by atoms with Crippen molar-refractivity contribution in [3.63, 3.8) is 0 Å². The van der Waals surface area contributed by atoms with E-state index in [4.69, 9.17) is 0 Å². The van der Waals surface area contributed by atoms with E-state index in [1.54, 1.807) is 0 Å². The summed E-state index contributed by atoms with van der Waals surface area (Å²) in [5, 5.41) is 3.14. The molecule has 0 saturated heterocycles. The molecule has 0 unspecified atom stereocenters. The lowest BCUT2D eigenvalue weighted by atomic mass is 10.3. The van der Waals surface area contributed by atoms with Gasteiger partial charge in [-0.15, -0.1) is 0 Å². The lowest BCUT2D eigenvalue weighted by molar-refractivity contribution is -0.300. The fourth-order valence-electron chi connectivity index (χ4n) is 1.57. The molecule has 9 heteroatoms. The highest BCUT2D eigenvalue weighted by Crippen LogP contribution is 2.36. The van der Waals surface area contributed by atoms with Crippen molar-refractivity contribution in [1.82, 2.24) is 10.3 Å². The number of aromatic nitrogens is 1. The lowest BCUT2D eigenvalue weighted by Gasteiger charge is -2.23. The van der Waals surface area contributed by atoms with Crippen LogP contribution in [0.5, 0.6) is 5.88 Å². The molecule has 0 aliphatic heterocycles. The number of hydrogen-bond acceptors (Lipinski definition) is 3. The van der Waals surface area contributed by atoms with Crippen LogP contribution in [0, 0.1) is 0 Å². The maximum absolute atomic E-state index is 12.3. The Kier molecular flexibility index (Phi) is 4.31. The first-order valence-electron chi connectivity index (χ1n) is 6.14. The number of hydrogen-bond donors (Lipinski definition) is 1. The van der Waals surface area contributed by atoms with Crippen LogP contribution >= 0.6 is 0 Å². The van der Waals surface area contributed by atoms with E-state index < -0.39 is 24.3 Å². The molecule has 1 aromatic heterocycles. The Balaban J connectivity index is 1.99. The number of ether oxygens (including phenoxy) is 1. The molecular formula is C12H12F6N2O. The minimum atomic E-state index is -5.55. The highest BCUT2D eigenvalue weighted by molar-refractivity contribution is 5.18. The van der Waals surface area contributed by atoms with Crippen molar-refractivity contribution in [2.45, 2.75) is 43.9 Å². The second-order valence-electron chi connectivity index (χ2n) is 4.74. The summed E-state index contributed by atoms with van der Waals surface area (Å²) in [7, 11) is 0. The zero-order chi connectivity index (χ0) is 15.7. The molecule has 0 aromatic carbocycles. The molecule has 0 bridgehead atoms.